The molecule has 5 nitrogen and oxygen atoms in total. The fourth-order valence-corrected chi connectivity index (χ4v) is 2.64. The molecule has 0 bridgehead atoms. The number of carbonyl (C=O) groups excluding carboxylic acids is 1. The minimum absolute atomic E-state index is 0.0359. The van der Waals surface area contributed by atoms with Crippen molar-refractivity contribution >= 4 is 33.8 Å². The van der Waals surface area contributed by atoms with Gasteiger partial charge in [0, 0.05) is 16.0 Å². The molecule has 6 heteroatoms. The molecule has 0 aliphatic rings. The Kier molecular flexibility index (Phi) is 3.00. The molecule has 0 radical (unpaired) electrons. The molecular formula is C13H12N4OS. The molecular weight excluding hydrogens is 260 g/mol. The molecule has 2 aromatic heterocycles. The molecule has 3 aromatic rings. The van der Waals surface area contributed by atoms with Gasteiger partial charge in [-0.2, -0.15) is 5.10 Å². The monoisotopic (exact) mass is 272 g/mol. The first-order valence-corrected chi connectivity index (χ1v) is 6.72. The molecule has 0 aliphatic carbocycles. The molecule has 0 fully saturated rings. The van der Waals surface area contributed by atoms with Gasteiger partial charge in [0.2, 0.25) is 5.91 Å². The molecule has 1 aromatic carbocycles. The van der Waals surface area contributed by atoms with Crippen LogP contribution < -0.4 is 5.32 Å². The predicted molar refractivity (Wildman–Crippen MR) is 75.3 cm³/mol. The lowest BCUT2D eigenvalue weighted by atomic mass is 10.2. The Morgan fingerprint density at radius 2 is 2.37 bits per heavy atom. The number of hydrogen-bond acceptors (Lipinski definition) is 4. The number of aromatic nitrogens is 3. The van der Waals surface area contributed by atoms with Crippen LogP contribution in [0, 0.1) is 6.92 Å². The summed E-state index contributed by atoms with van der Waals surface area (Å²) in [5.74, 6) is -0.0359. The van der Waals surface area contributed by atoms with E-state index >= 15 is 0 Å². The highest BCUT2D eigenvalue weighted by molar-refractivity contribution is 7.09. The molecule has 96 valence electrons. The van der Waals surface area contributed by atoms with E-state index in [2.05, 4.69) is 20.5 Å². The van der Waals surface area contributed by atoms with Crippen LogP contribution in [-0.4, -0.2) is 21.1 Å². The number of aromatic amines is 1. The Balaban J connectivity index is 1.73. The lowest BCUT2D eigenvalue weighted by Crippen LogP contribution is -2.14. The normalized spacial score (nSPS) is 10.8. The summed E-state index contributed by atoms with van der Waals surface area (Å²) in [4.78, 5) is 17.1. The number of fused-ring (bicyclic) bond motifs is 1. The van der Waals surface area contributed by atoms with Crippen LogP contribution >= 0.6 is 11.3 Å². The van der Waals surface area contributed by atoms with Gasteiger partial charge >= 0.3 is 0 Å². The highest BCUT2D eigenvalue weighted by Crippen LogP contribution is 2.18. The van der Waals surface area contributed by atoms with E-state index in [-0.39, 0.29) is 5.91 Å². The first-order valence-electron chi connectivity index (χ1n) is 5.84. The standard InChI is InChI=1S/C13H12N4OS/c1-8-12(19-7-14-8)5-13(18)16-10-3-2-9-6-15-17-11(9)4-10/h2-4,6-7H,5H2,1H3,(H,15,17)(H,16,18). The van der Waals surface area contributed by atoms with Crippen LogP contribution in [0.2, 0.25) is 0 Å². The molecule has 0 spiro atoms. The summed E-state index contributed by atoms with van der Waals surface area (Å²) in [7, 11) is 0. The second-order valence-corrected chi connectivity index (χ2v) is 5.20. The van der Waals surface area contributed by atoms with Gasteiger partial charge in [-0.1, -0.05) is 0 Å². The maximum absolute atomic E-state index is 11.9. The van der Waals surface area contributed by atoms with E-state index in [1.807, 2.05) is 25.1 Å². The van der Waals surface area contributed by atoms with Gasteiger partial charge in [0.25, 0.3) is 0 Å². The van der Waals surface area contributed by atoms with E-state index in [9.17, 15) is 4.79 Å². The first kappa shape index (κ1) is 11.9. The molecule has 2 heterocycles. The molecule has 3 rings (SSSR count). The predicted octanol–water partition coefficient (Wildman–Crippen LogP) is 2.51. The van der Waals surface area contributed by atoms with Crippen molar-refractivity contribution in [3.05, 3.63) is 40.5 Å². The third kappa shape index (κ3) is 2.48. The van der Waals surface area contributed by atoms with E-state index in [1.165, 1.54) is 11.3 Å². The van der Waals surface area contributed by atoms with Crippen LogP contribution in [0.4, 0.5) is 5.69 Å². The number of anilines is 1. The minimum Gasteiger partial charge on any atom is -0.326 e. The number of rotatable bonds is 3. The largest absolute Gasteiger partial charge is 0.326 e. The molecule has 0 atom stereocenters. The van der Waals surface area contributed by atoms with Crippen molar-refractivity contribution in [1.82, 2.24) is 15.2 Å². The maximum Gasteiger partial charge on any atom is 0.229 e. The van der Waals surface area contributed by atoms with E-state index in [0.717, 1.165) is 27.2 Å². The molecule has 0 saturated carbocycles. The first-order chi connectivity index (χ1) is 9.22. The number of aryl methyl sites for hydroxylation is 1. The second-order valence-electron chi connectivity index (χ2n) is 4.26. The zero-order chi connectivity index (χ0) is 13.2. The zero-order valence-electron chi connectivity index (χ0n) is 10.3. The Bertz CT molecular complexity index is 731. The van der Waals surface area contributed by atoms with E-state index in [4.69, 9.17) is 0 Å². The van der Waals surface area contributed by atoms with Gasteiger partial charge in [0.05, 0.1) is 29.3 Å². The lowest BCUT2D eigenvalue weighted by Gasteiger charge is -2.04. The average Bonchev–Trinajstić information content (AvgIpc) is 2.98. The van der Waals surface area contributed by atoms with Gasteiger partial charge in [-0.05, 0) is 25.1 Å². The Morgan fingerprint density at radius 1 is 1.47 bits per heavy atom. The summed E-state index contributed by atoms with van der Waals surface area (Å²) in [6.07, 6.45) is 2.11. The lowest BCUT2D eigenvalue weighted by molar-refractivity contribution is -0.115. The highest BCUT2D eigenvalue weighted by atomic mass is 32.1. The number of thiazole rings is 1. The Labute approximate surface area is 113 Å². The number of nitrogens with one attached hydrogen (secondary N) is 2. The smallest absolute Gasteiger partial charge is 0.229 e. The molecule has 0 unspecified atom stereocenters. The number of amides is 1. The Hall–Kier alpha value is -2.21. The summed E-state index contributed by atoms with van der Waals surface area (Å²) < 4.78 is 0. The van der Waals surface area contributed by atoms with Gasteiger partial charge in [-0.3, -0.25) is 9.89 Å². The van der Waals surface area contributed by atoms with Crippen molar-refractivity contribution < 1.29 is 4.79 Å². The van der Waals surface area contributed by atoms with Crippen molar-refractivity contribution in [1.29, 1.82) is 0 Å². The van der Waals surface area contributed by atoms with Gasteiger partial charge < -0.3 is 5.32 Å². The second kappa shape index (κ2) is 4.81. The fraction of sp³-hybridized carbons (Fsp3) is 0.154. The third-order valence-corrected chi connectivity index (χ3v) is 3.83. The molecule has 1 amide bonds. The third-order valence-electron chi connectivity index (χ3n) is 2.89. The van der Waals surface area contributed by atoms with Crippen LogP contribution in [0.1, 0.15) is 10.6 Å². The zero-order valence-corrected chi connectivity index (χ0v) is 11.1. The molecule has 19 heavy (non-hydrogen) atoms. The van der Waals surface area contributed by atoms with Gasteiger partial charge in [-0.25, -0.2) is 4.98 Å². The van der Waals surface area contributed by atoms with Crippen molar-refractivity contribution in [3.8, 4) is 0 Å². The number of benzene rings is 1. The minimum atomic E-state index is -0.0359. The quantitative estimate of drug-likeness (QED) is 0.769. The summed E-state index contributed by atoms with van der Waals surface area (Å²) in [6.45, 7) is 1.91. The van der Waals surface area contributed by atoms with Crippen molar-refractivity contribution in [3.63, 3.8) is 0 Å². The summed E-state index contributed by atoms with van der Waals surface area (Å²) in [5, 5.41) is 10.7. The summed E-state index contributed by atoms with van der Waals surface area (Å²) in [5.41, 5.74) is 4.36. The number of nitrogens with zero attached hydrogens (tertiary/aromatic N) is 2. The van der Waals surface area contributed by atoms with E-state index in [1.54, 1.807) is 11.7 Å². The van der Waals surface area contributed by atoms with Crippen molar-refractivity contribution in [2.45, 2.75) is 13.3 Å². The topological polar surface area (TPSA) is 70.7 Å². The van der Waals surface area contributed by atoms with Gasteiger partial charge in [-0.15, -0.1) is 11.3 Å². The number of hydrogen-bond donors (Lipinski definition) is 2. The average molecular weight is 272 g/mol. The highest BCUT2D eigenvalue weighted by Gasteiger charge is 2.09. The Morgan fingerprint density at radius 3 is 3.16 bits per heavy atom. The van der Waals surface area contributed by atoms with Crippen LogP contribution in [0.25, 0.3) is 10.9 Å². The summed E-state index contributed by atoms with van der Waals surface area (Å²) >= 11 is 1.50. The summed E-state index contributed by atoms with van der Waals surface area (Å²) in [6, 6.07) is 5.67. The number of H-pyrrole nitrogens is 1. The maximum atomic E-state index is 11.9. The SMILES string of the molecule is Cc1ncsc1CC(=O)Nc1ccc2cn[nH]c2c1. The fourth-order valence-electron chi connectivity index (χ4n) is 1.86. The molecule has 0 aliphatic heterocycles. The van der Waals surface area contributed by atoms with E-state index < -0.39 is 0 Å². The molecule has 2 N–H and O–H groups in total. The van der Waals surface area contributed by atoms with Gasteiger partial charge in [0.15, 0.2) is 0 Å². The number of carbonyl (C=O) groups is 1. The van der Waals surface area contributed by atoms with E-state index in [0.29, 0.717) is 6.42 Å². The van der Waals surface area contributed by atoms with Crippen LogP contribution in [0.3, 0.4) is 0 Å². The van der Waals surface area contributed by atoms with Crippen molar-refractivity contribution in [2.75, 3.05) is 5.32 Å². The van der Waals surface area contributed by atoms with Crippen molar-refractivity contribution in [2.24, 2.45) is 0 Å². The van der Waals surface area contributed by atoms with Crippen LogP contribution in [0.15, 0.2) is 29.9 Å². The van der Waals surface area contributed by atoms with Crippen LogP contribution in [-0.2, 0) is 11.2 Å². The molecule has 0 saturated heterocycles. The van der Waals surface area contributed by atoms with Gasteiger partial charge in [0.1, 0.15) is 0 Å². The van der Waals surface area contributed by atoms with Crippen LogP contribution in [0.5, 0.6) is 0 Å².